The third kappa shape index (κ3) is 25.0. The molecule has 1 aromatic carbocycles. The highest BCUT2D eigenvalue weighted by Gasteiger charge is 2.36. The Morgan fingerprint density at radius 3 is 1.40 bits per heavy atom. The molecule has 0 unspecified atom stereocenters. The molecule has 0 aliphatic rings. The van der Waals surface area contributed by atoms with E-state index in [4.69, 9.17) is 22.9 Å². The highest BCUT2D eigenvalue weighted by Crippen LogP contribution is 2.14. The largest absolute Gasteiger partial charge is 0.508 e. The van der Waals surface area contributed by atoms with Crippen molar-refractivity contribution < 1.29 is 82.8 Å². The van der Waals surface area contributed by atoms with Crippen molar-refractivity contribution in [2.45, 2.75) is 159 Å². The Kier molecular flexibility index (Phi) is 28.6. The molecule has 10 amide bonds. The van der Waals surface area contributed by atoms with Crippen molar-refractivity contribution in [3.8, 4) is 5.75 Å². The molecule has 75 heavy (non-hydrogen) atoms. The minimum Gasteiger partial charge on any atom is -0.508 e. The number of aromatic hydroxyl groups is 1. The maximum Gasteiger partial charge on any atom is 0.326 e. The monoisotopic (exact) mass is 1060 g/mol. The van der Waals surface area contributed by atoms with Gasteiger partial charge in [0, 0.05) is 25.7 Å². The summed E-state index contributed by atoms with van der Waals surface area (Å²) in [6, 6.07) is -8.71. The molecular weight excluding hydrogens is 993 g/mol. The Morgan fingerprint density at radius 2 is 0.947 bits per heavy atom. The molecule has 29 nitrogen and oxygen atoms in total. The molecule has 0 fully saturated rings. The van der Waals surface area contributed by atoms with Crippen LogP contribution in [0.4, 0.5) is 0 Å². The lowest BCUT2D eigenvalue weighted by Gasteiger charge is -2.28. The molecule has 0 saturated carbocycles. The Labute approximate surface area is 431 Å². The topological polar surface area (TPSA) is 503 Å². The molecule has 0 aliphatic carbocycles. The molecule has 29 heteroatoms. The number of unbranched alkanes of at least 4 members (excludes halogenated alkanes) is 1. The first kappa shape index (κ1) is 65.1. The van der Waals surface area contributed by atoms with Crippen molar-refractivity contribution in [2.24, 2.45) is 28.9 Å². The highest BCUT2D eigenvalue weighted by molar-refractivity contribution is 5.99. The molecule has 10 atom stereocenters. The lowest BCUT2D eigenvalue weighted by Crippen LogP contribution is -2.61. The van der Waals surface area contributed by atoms with Crippen LogP contribution in [0.5, 0.6) is 5.75 Å². The second-order valence-corrected chi connectivity index (χ2v) is 17.8. The van der Waals surface area contributed by atoms with Crippen LogP contribution < -0.4 is 65.5 Å². The lowest BCUT2D eigenvalue weighted by molar-refractivity contribution is -0.143. The van der Waals surface area contributed by atoms with Gasteiger partial charge in [-0.15, -0.1) is 0 Å². The molecule has 0 aliphatic heterocycles. The molecule has 0 aromatic heterocycles. The van der Waals surface area contributed by atoms with Gasteiger partial charge in [0.15, 0.2) is 0 Å². The third-order valence-electron chi connectivity index (χ3n) is 11.4. The number of carbonyl (C=O) groups excluding carboxylic acids is 10. The smallest absolute Gasteiger partial charge is 0.326 e. The molecular formula is C46H72N12O17. The van der Waals surface area contributed by atoms with E-state index in [2.05, 4.69) is 42.5 Å². The standard InChI is InChI=1S/C46H72N12O17/c1-5-22(2)37(45(73)54-28(14-17-34(50)61)40(68)55-30(46(74)75)8-6-7-19-47)58-39(67)24(4)51-43(71)32(21-36(64)65)57-42(70)29(15-18-35(62)63)53-44(72)31(20-25-9-11-26(59)12-10-25)56-41(69)27(13-16-33(49)60)52-38(66)23(3)48/h9-12,22-24,27-32,37,59H,5-8,13-21,47-48H2,1-4H3,(H2,49,60)(H2,50,61)(H,51,71)(H,52,66)(H,53,72)(H,54,73)(H,55,68)(H,56,69)(H,57,70)(H,58,67)(H,62,63)(H,64,65)(H,74,75)/t22-,23-,24-,27-,28-,29-,30-,31-,32-,37-/m0/s1. The van der Waals surface area contributed by atoms with Crippen LogP contribution in [-0.2, 0) is 68.7 Å². The van der Waals surface area contributed by atoms with Crippen molar-refractivity contribution in [1.82, 2.24) is 42.5 Å². The Morgan fingerprint density at radius 1 is 0.507 bits per heavy atom. The van der Waals surface area contributed by atoms with Crippen LogP contribution in [-0.4, -0.2) is 158 Å². The summed E-state index contributed by atoms with van der Waals surface area (Å²) in [5, 5.41) is 57.4. The van der Waals surface area contributed by atoms with E-state index in [-0.39, 0.29) is 44.4 Å². The maximum atomic E-state index is 14.0. The van der Waals surface area contributed by atoms with Crippen molar-refractivity contribution in [1.29, 1.82) is 0 Å². The van der Waals surface area contributed by atoms with Crippen LogP contribution in [0.2, 0.25) is 0 Å². The van der Waals surface area contributed by atoms with Crippen LogP contribution in [0.15, 0.2) is 24.3 Å². The van der Waals surface area contributed by atoms with Gasteiger partial charge >= 0.3 is 17.9 Å². The van der Waals surface area contributed by atoms with E-state index in [1.54, 1.807) is 13.8 Å². The number of nitrogens with two attached hydrogens (primary N) is 4. The highest BCUT2D eigenvalue weighted by atomic mass is 16.4. The molecule has 0 spiro atoms. The van der Waals surface area contributed by atoms with Crippen molar-refractivity contribution in [3.63, 3.8) is 0 Å². The van der Waals surface area contributed by atoms with Crippen LogP contribution in [0, 0.1) is 5.92 Å². The number of nitrogens with one attached hydrogen (secondary N) is 8. The quantitative estimate of drug-likeness (QED) is 0.0281. The number of aliphatic carboxylic acids is 3. The molecule has 0 radical (unpaired) electrons. The number of hydrogen-bond donors (Lipinski definition) is 16. The Hall–Kier alpha value is -7.95. The summed E-state index contributed by atoms with van der Waals surface area (Å²) >= 11 is 0. The van der Waals surface area contributed by atoms with Gasteiger partial charge in [-0.25, -0.2) is 4.79 Å². The van der Waals surface area contributed by atoms with Crippen LogP contribution in [0.1, 0.15) is 104 Å². The van der Waals surface area contributed by atoms with E-state index in [1.807, 2.05) is 0 Å². The Bertz CT molecular complexity index is 2190. The summed E-state index contributed by atoms with van der Waals surface area (Å²) in [7, 11) is 0. The van der Waals surface area contributed by atoms with Gasteiger partial charge < -0.3 is 85.9 Å². The van der Waals surface area contributed by atoms with Crippen LogP contribution in [0.25, 0.3) is 0 Å². The van der Waals surface area contributed by atoms with Crippen molar-refractivity contribution in [3.05, 3.63) is 29.8 Å². The predicted octanol–water partition coefficient (Wildman–Crippen LogP) is -4.69. The van der Waals surface area contributed by atoms with Gasteiger partial charge in [0.05, 0.1) is 12.5 Å². The molecule has 0 bridgehead atoms. The van der Waals surface area contributed by atoms with Gasteiger partial charge in [0.1, 0.15) is 54.1 Å². The second-order valence-electron chi connectivity index (χ2n) is 17.8. The first-order valence-corrected chi connectivity index (χ1v) is 24.0. The summed E-state index contributed by atoms with van der Waals surface area (Å²) in [5.74, 6) is -15.5. The lowest BCUT2D eigenvalue weighted by atomic mass is 9.97. The predicted molar refractivity (Wildman–Crippen MR) is 263 cm³/mol. The number of phenols is 1. The summed E-state index contributed by atoms with van der Waals surface area (Å²) in [6.45, 7) is 5.93. The van der Waals surface area contributed by atoms with Crippen molar-refractivity contribution >= 4 is 77.0 Å². The molecule has 0 heterocycles. The summed E-state index contributed by atoms with van der Waals surface area (Å²) in [5.41, 5.74) is 22.0. The minimum absolute atomic E-state index is 0.00397. The fourth-order valence-corrected chi connectivity index (χ4v) is 6.87. The number of phenolic OH excluding ortho intramolecular Hbond substituents is 1. The zero-order valence-corrected chi connectivity index (χ0v) is 42.2. The van der Waals surface area contributed by atoms with Gasteiger partial charge in [-0.2, -0.15) is 0 Å². The van der Waals surface area contributed by atoms with E-state index < -0.39 is 169 Å². The number of benzene rings is 1. The van der Waals surface area contributed by atoms with Crippen LogP contribution >= 0.6 is 0 Å². The number of rotatable bonds is 36. The van der Waals surface area contributed by atoms with Crippen molar-refractivity contribution in [2.75, 3.05) is 6.54 Å². The average molecular weight is 1070 g/mol. The van der Waals surface area contributed by atoms with Gasteiger partial charge in [0.25, 0.3) is 0 Å². The molecule has 1 rings (SSSR count). The zero-order chi connectivity index (χ0) is 57.1. The minimum atomic E-state index is -2.01. The molecule has 20 N–H and O–H groups in total. The molecule has 0 saturated heterocycles. The number of primary amides is 2. The van der Waals surface area contributed by atoms with Gasteiger partial charge in [-0.05, 0) is 82.5 Å². The molecule has 1 aromatic rings. The fraction of sp³-hybridized carbons (Fsp3) is 0.587. The van der Waals surface area contributed by atoms with Gasteiger partial charge in [0.2, 0.25) is 59.1 Å². The normalized spacial score (nSPS) is 14.9. The summed E-state index contributed by atoms with van der Waals surface area (Å²) < 4.78 is 0. The average Bonchev–Trinajstić information content (AvgIpc) is 3.33. The van der Waals surface area contributed by atoms with Gasteiger partial charge in [-0.1, -0.05) is 32.4 Å². The number of amides is 10. The van der Waals surface area contributed by atoms with E-state index in [1.165, 1.54) is 31.2 Å². The summed E-state index contributed by atoms with van der Waals surface area (Å²) in [4.78, 5) is 167. The second kappa shape index (κ2) is 33.0. The maximum absolute atomic E-state index is 14.0. The van der Waals surface area contributed by atoms with E-state index >= 15 is 0 Å². The number of carbonyl (C=O) groups is 13. The number of hydrogen-bond acceptors (Lipinski definition) is 16. The van der Waals surface area contributed by atoms with E-state index in [0.717, 1.165) is 6.92 Å². The van der Waals surface area contributed by atoms with E-state index in [9.17, 15) is 82.8 Å². The first-order chi connectivity index (χ1) is 35.1. The van der Waals surface area contributed by atoms with Gasteiger partial charge in [-0.3, -0.25) is 57.5 Å². The van der Waals surface area contributed by atoms with E-state index in [0.29, 0.717) is 18.4 Å². The molecule has 418 valence electrons. The summed E-state index contributed by atoms with van der Waals surface area (Å²) in [6.07, 6.45) is -3.40. The number of carboxylic acids is 3. The third-order valence-corrected chi connectivity index (χ3v) is 11.4. The number of carboxylic acid groups (broad SMARTS) is 3. The van der Waals surface area contributed by atoms with Crippen LogP contribution in [0.3, 0.4) is 0 Å². The SMILES string of the molecule is CC[C@H](C)[C@H](NC(=O)[C@H](C)NC(=O)[C@H](CC(=O)O)NC(=O)[C@H](CCC(=O)O)NC(=O)[C@H](Cc1ccc(O)cc1)NC(=O)[C@H](CCC(N)=O)NC(=O)[C@H](C)N)C(=O)N[C@@H](CCC(N)=O)C(=O)N[C@@H](CCCCN)C(=O)O. The Balaban J connectivity index is 3.46. The zero-order valence-electron chi connectivity index (χ0n) is 42.2. The first-order valence-electron chi connectivity index (χ1n) is 24.0. The fourth-order valence-electron chi connectivity index (χ4n) is 6.87.